The van der Waals surface area contributed by atoms with Gasteiger partial charge < -0.3 is 10.5 Å². The molecule has 1 aromatic rings. The van der Waals surface area contributed by atoms with Gasteiger partial charge in [-0.3, -0.25) is 0 Å². The Morgan fingerprint density at radius 2 is 2.15 bits per heavy atom. The van der Waals surface area contributed by atoms with Gasteiger partial charge in [-0.05, 0) is 30.7 Å². The fourth-order valence-electron chi connectivity index (χ4n) is 0.884. The van der Waals surface area contributed by atoms with Crippen LogP contribution in [0.2, 0.25) is 0 Å². The first-order valence-electron chi connectivity index (χ1n) is 3.83. The van der Waals surface area contributed by atoms with E-state index in [2.05, 4.69) is 0 Å². The highest BCUT2D eigenvalue weighted by Crippen LogP contribution is 2.15. The lowest BCUT2D eigenvalue weighted by Crippen LogP contribution is -2.10. The monoisotopic (exact) mass is 205 g/mol. The van der Waals surface area contributed by atoms with Gasteiger partial charge in [0.2, 0.25) is 0 Å². The molecule has 2 N–H and O–H groups in total. The molecule has 2 nitrogen and oxygen atoms in total. The Morgan fingerprint density at radius 1 is 1.46 bits per heavy atom. The lowest BCUT2D eigenvalue weighted by atomic mass is 10.2. The Bertz CT molecular complexity index is 268. The molecule has 0 fully saturated rings. The van der Waals surface area contributed by atoms with Crippen LogP contribution in [-0.4, -0.2) is 13.2 Å². The van der Waals surface area contributed by atoms with Gasteiger partial charge in [-0.1, -0.05) is 0 Å². The summed E-state index contributed by atoms with van der Waals surface area (Å²) in [6, 6.07) is 4.64. The van der Waals surface area contributed by atoms with Crippen LogP contribution in [0.25, 0.3) is 0 Å². The Hall–Kier alpha value is -0.800. The molecule has 13 heavy (non-hydrogen) atoms. The van der Waals surface area contributed by atoms with Crippen molar-refractivity contribution in [3.63, 3.8) is 0 Å². The molecule has 0 aliphatic carbocycles. The molecule has 0 amide bonds. The highest BCUT2D eigenvalue weighted by molar-refractivity contribution is 5.85. The van der Waals surface area contributed by atoms with Crippen LogP contribution in [0.4, 0.5) is 4.39 Å². The van der Waals surface area contributed by atoms with Crippen molar-refractivity contribution in [3.8, 4) is 5.75 Å². The topological polar surface area (TPSA) is 35.2 Å². The van der Waals surface area contributed by atoms with Crippen molar-refractivity contribution in [1.29, 1.82) is 0 Å². The Morgan fingerprint density at radius 3 is 2.69 bits per heavy atom. The van der Waals surface area contributed by atoms with E-state index in [9.17, 15) is 4.39 Å². The van der Waals surface area contributed by atoms with E-state index in [-0.39, 0.29) is 18.2 Å². The van der Waals surface area contributed by atoms with Gasteiger partial charge in [-0.2, -0.15) is 0 Å². The minimum absolute atomic E-state index is 0. The summed E-state index contributed by atoms with van der Waals surface area (Å²) in [4.78, 5) is 0. The molecule has 0 saturated heterocycles. The molecule has 4 heteroatoms. The van der Waals surface area contributed by atoms with Crippen molar-refractivity contribution in [2.45, 2.75) is 6.92 Å². The van der Waals surface area contributed by atoms with E-state index < -0.39 is 0 Å². The average molecular weight is 206 g/mol. The standard InChI is InChI=1S/C9H12FNO.ClH/c1-7-6-8(12-5-4-11)2-3-9(7)10;/h2-3,6H,4-5,11H2,1H3;1H. The van der Waals surface area contributed by atoms with Crippen molar-refractivity contribution < 1.29 is 9.13 Å². The molecule has 0 bridgehead atoms. The predicted molar refractivity (Wildman–Crippen MR) is 52.9 cm³/mol. The van der Waals surface area contributed by atoms with Gasteiger partial charge in [0.05, 0.1) is 0 Å². The van der Waals surface area contributed by atoms with Crippen molar-refractivity contribution in [2.24, 2.45) is 5.73 Å². The molecule has 0 aliphatic rings. The predicted octanol–water partition coefficient (Wildman–Crippen LogP) is 1.89. The van der Waals surface area contributed by atoms with Gasteiger partial charge in [0.1, 0.15) is 18.2 Å². The second-order valence-electron chi connectivity index (χ2n) is 2.55. The third-order valence-corrected chi connectivity index (χ3v) is 1.52. The summed E-state index contributed by atoms with van der Waals surface area (Å²) in [6.07, 6.45) is 0. The van der Waals surface area contributed by atoms with Crippen molar-refractivity contribution in [3.05, 3.63) is 29.6 Å². The Labute approximate surface area is 83.3 Å². The smallest absolute Gasteiger partial charge is 0.126 e. The Balaban J connectivity index is 0.00000144. The maximum absolute atomic E-state index is 12.7. The number of hydrogen-bond acceptors (Lipinski definition) is 2. The number of rotatable bonds is 3. The molecule has 74 valence electrons. The summed E-state index contributed by atoms with van der Waals surface area (Å²) < 4.78 is 17.9. The quantitative estimate of drug-likeness (QED) is 0.818. The van der Waals surface area contributed by atoms with Crippen LogP contribution in [0, 0.1) is 12.7 Å². The lowest BCUT2D eigenvalue weighted by molar-refractivity contribution is 0.327. The van der Waals surface area contributed by atoms with Gasteiger partial charge in [0.25, 0.3) is 0 Å². The third-order valence-electron chi connectivity index (χ3n) is 1.52. The van der Waals surface area contributed by atoms with E-state index in [1.165, 1.54) is 6.07 Å². The molecule has 0 saturated carbocycles. The molecule has 1 aromatic carbocycles. The van der Waals surface area contributed by atoms with Crippen LogP contribution < -0.4 is 10.5 Å². The fraction of sp³-hybridized carbons (Fsp3) is 0.333. The SMILES string of the molecule is Cc1cc(OCCN)ccc1F.Cl. The molecule has 0 heterocycles. The summed E-state index contributed by atoms with van der Waals surface area (Å²) in [5.41, 5.74) is 5.83. The third kappa shape index (κ3) is 3.61. The van der Waals surface area contributed by atoms with Gasteiger partial charge in [0, 0.05) is 6.54 Å². The number of benzene rings is 1. The first-order valence-corrected chi connectivity index (χ1v) is 3.83. The van der Waals surface area contributed by atoms with Gasteiger partial charge in [-0.25, -0.2) is 4.39 Å². The molecule has 0 unspecified atom stereocenters. The normalized spacial score (nSPS) is 9.15. The zero-order valence-electron chi connectivity index (χ0n) is 7.42. The van der Waals surface area contributed by atoms with Crippen molar-refractivity contribution in [2.75, 3.05) is 13.2 Å². The maximum atomic E-state index is 12.7. The highest BCUT2D eigenvalue weighted by atomic mass is 35.5. The minimum atomic E-state index is -0.213. The van der Waals surface area contributed by atoms with Gasteiger partial charge >= 0.3 is 0 Å². The number of nitrogens with two attached hydrogens (primary N) is 1. The van der Waals surface area contributed by atoms with Crippen molar-refractivity contribution >= 4 is 12.4 Å². The van der Waals surface area contributed by atoms with E-state index in [0.717, 1.165) is 0 Å². The fourth-order valence-corrected chi connectivity index (χ4v) is 0.884. The molecule has 0 spiro atoms. The molecule has 0 atom stereocenters. The molecule has 0 aromatic heterocycles. The summed E-state index contributed by atoms with van der Waals surface area (Å²) in [7, 11) is 0. The molecular weight excluding hydrogens is 193 g/mol. The number of hydrogen-bond donors (Lipinski definition) is 1. The highest BCUT2D eigenvalue weighted by Gasteiger charge is 1.98. The van der Waals surface area contributed by atoms with Crippen LogP contribution >= 0.6 is 12.4 Å². The van der Waals surface area contributed by atoms with Crippen molar-refractivity contribution in [1.82, 2.24) is 0 Å². The van der Waals surface area contributed by atoms with Crippen LogP contribution in [0.15, 0.2) is 18.2 Å². The Kier molecular flexibility index (Phi) is 5.42. The average Bonchev–Trinajstić information content (AvgIpc) is 2.07. The van der Waals surface area contributed by atoms with Crippen LogP contribution in [0.1, 0.15) is 5.56 Å². The van der Waals surface area contributed by atoms with E-state index in [0.29, 0.717) is 24.5 Å². The second kappa shape index (κ2) is 5.78. The first-order chi connectivity index (χ1) is 5.74. The number of aryl methyl sites for hydroxylation is 1. The summed E-state index contributed by atoms with van der Waals surface area (Å²) >= 11 is 0. The van der Waals surface area contributed by atoms with Gasteiger partial charge in [-0.15, -0.1) is 12.4 Å². The number of ether oxygens (including phenoxy) is 1. The summed E-state index contributed by atoms with van der Waals surface area (Å²) in [6.45, 7) is 2.63. The summed E-state index contributed by atoms with van der Waals surface area (Å²) in [5.74, 6) is 0.453. The van der Waals surface area contributed by atoms with Crippen LogP contribution in [0.5, 0.6) is 5.75 Å². The van der Waals surface area contributed by atoms with E-state index >= 15 is 0 Å². The van der Waals surface area contributed by atoms with E-state index in [1.807, 2.05) is 0 Å². The van der Waals surface area contributed by atoms with Crippen LogP contribution in [0.3, 0.4) is 0 Å². The molecule has 0 radical (unpaired) electrons. The van der Waals surface area contributed by atoms with Gasteiger partial charge in [0.15, 0.2) is 0 Å². The molecule has 1 rings (SSSR count). The van der Waals surface area contributed by atoms with Crippen LogP contribution in [-0.2, 0) is 0 Å². The second-order valence-corrected chi connectivity index (χ2v) is 2.55. The molecule has 0 aliphatic heterocycles. The maximum Gasteiger partial charge on any atom is 0.126 e. The first kappa shape index (κ1) is 12.2. The zero-order chi connectivity index (χ0) is 8.97. The number of halogens is 2. The van der Waals surface area contributed by atoms with E-state index in [4.69, 9.17) is 10.5 Å². The molecular formula is C9H13ClFNO. The lowest BCUT2D eigenvalue weighted by Gasteiger charge is -2.04. The minimum Gasteiger partial charge on any atom is -0.492 e. The van der Waals surface area contributed by atoms with E-state index in [1.54, 1.807) is 19.1 Å². The zero-order valence-corrected chi connectivity index (χ0v) is 8.23. The summed E-state index contributed by atoms with van der Waals surface area (Å²) in [5, 5.41) is 0. The largest absolute Gasteiger partial charge is 0.492 e.